The van der Waals surface area contributed by atoms with E-state index in [0.29, 0.717) is 11.5 Å². The van der Waals surface area contributed by atoms with Crippen LogP contribution in [0, 0.1) is 5.92 Å². The van der Waals surface area contributed by atoms with Crippen molar-refractivity contribution in [2.75, 3.05) is 13.6 Å². The normalized spacial score (nSPS) is 28.7. The van der Waals surface area contributed by atoms with Crippen LogP contribution in [0.25, 0.3) is 0 Å². The molecule has 10 heteroatoms. The van der Waals surface area contributed by atoms with Crippen LogP contribution in [0.1, 0.15) is 56.1 Å². The van der Waals surface area contributed by atoms with Crippen molar-refractivity contribution in [2.45, 2.75) is 75.0 Å². The molecule has 2 heterocycles. The third-order valence-corrected chi connectivity index (χ3v) is 8.15. The van der Waals surface area contributed by atoms with Crippen molar-refractivity contribution >= 4 is 23.9 Å². The number of nitrogens with zero attached hydrogens (tertiary/aromatic N) is 1. The van der Waals surface area contributed by atoms with Gasteiger partial charge in [-0.05, 0) is 57.0 Å². The van der Waals surface area contributed by atoms with E-state index in [1.807, 2.05) is 12.1 Å². The number of benzene rings is 1. The molecule has 1 aromatic rings. The lowest BCUT2D eigenvalue weighted by molar-refractivity contribution is -0.155. The Bertz CT molecular complexity index is 1160. The van der Waals surface area contributed by atoms with Gasteiger partial charge in [-0.25, -0.2) is 0 Å². The maximum atomic E-state index is 12.6. The van der Waals surface area contributed by atoms with Crippen LogP contribution in [-0.4, -0.2) is 70.8 Å². The number of rotatable bonds is 10. The molecular formula is C27H31NO9. The monoisotopic (exact) mass is 513 g/mol. The number of carboxylic acid groups (broad SMARTS) is 2. The van der Waals surface area contributed by atoms with Crippen molar-refractivity contribution in [2.24, 2.45) is 5.92 Å². The van der Waals surface area contributed by atoms with E-state index in [2.05, 4.69) is 18.0 Å². The van der Waals surface area contributed by atoms with Crippen LogP contribution in [0.3, 0.4) is 0 Å². The third kappa shape index (κ3) is 4.47. The minimum Gasteiger partial charge on any atom is -0.481 e. The molecule has 37 heavy (non-hydrogen) atoms. The Kier molecular flexibility index (Phi) is 6.70. The zero-order chi connectivity index (χ0) is 26.3. The molecule has 10 nitrogen and oxygen atoms in total. The maximum absolute atomic E-state index is 12.6. The second-order valence-electron chi connectivity index (χ2n) is 10.3. The van der Waals surface area contributed by atoms with Crippen molar-refractivity contribution < 1.29 is 43.6 Å². The first-order valence-corrected chi connectivity index (χ1v) is 12.8. The first-order valence-electron chi connectivity index (χ1n) is 12.8. The van der Waals surface area contributed by atoms with E-state index in [9.17, 15) is 19.2 Å². The average Bonchev–Trinajstić information content (AvgIpc) is 3.18. The Labute approximate surface area is 214 Å². The molecule has 2 aliphatic carbocycles. The zero-order valence-electron chi connectivity index (χ0n) is 20.7. The number of likely N-dealkylation sites (N-methyl/N-ethyl adjacent to an activating group) is 1. The van der Waals surface area contributed by atoms with E-state index >= 15 is 0 Å². The fraction of sp³-hybridized carbons (Fsp3) is 0.556. The summed E-state index contributed by atoms with van der Waals surface area (Å²) in [4.78, 5) is 49.0. The Hall–Kier alpha value is -3.40. The molecule has 0 aromatic heterocycles. The number of likely N-dealkylation sites (tertiary alicyclic amines) is 1. The largest absolute Gasteiger partial charge is 0.481 e. The van der Waals surface area contributed by atoms with Crippen LogP contribution in [0.5, 0.6) is 11.5 Å². The summed E-state index contributed by atoms with van der Waals surface area (Å²) >= 11 is 0. The van der Waals surface area contributed by atoms with Crippen LogP contribution >= 0.6 is 0 Å². The molecule has 2 N–H and O–H groups in total. The number of hydrogen-bond acceptors (Lipinski definition) is 8. The van der Waals surface area contributed by atoms with Crippen molar-refractivity contribution in [3.63, 3.8) is 0 Å². The van der Waals surface area contributed by atoms with Gasteiger partial charge in [0.1, 0.15) is 6.10 Å². The van der Waals surface area contributed by atoms with Crippen molar-refractivity contribution in [1.82, 2.24) is 4.90 Å². The predicted molar refractivity (Wildman–Crippen MR) is 128 cm³/mol. The number of ether oxygens (including phenoxy) is 3. The van der Waals surface area contributed by atoms with E-state index in [1.165, 1.54) is 0 Å². The molecule has 198 valence electrons. The van der Waals surface area contributed by atoms with Gasteiger partial charge in [0.15, 0.2) is 17.6 Å². The molecule has 0 radical (unpaired) electrons. The molecule has 1 saturated heterocycles. The summed E-state index contributed by atoms with van der Waals surface area (Å²) in [5.74, 6) is -2.00. The predicted octanol–water partition coefficient (Wildman–Crippen LogP) is 2.46. The topological polar surface area (TPSA) is 140 Å². The van der Waals surface area contributed by atoms with Crippen molar-refractivity contribution in [3.8, 4) is 11.5 Å². The van der Waals surface area contributed by atoms with Gasteiger partial charge in [-0.1, -0.05) is 12.1 Å². The number of carbonyl (C=O) groups excluding carboxylic acids is 2. The van der Waals surface area contributed by atoms with Crippen molar-refractivity contribution in [1.29, 1.82) is 0 Å². The molecular weight excluding hydrogens is 482 g/mol. The molecule has 4 aliphatic rings. The third-order valence-electron chi connectivity index (χ3n) is 8.15. The Morgan fingerprint density at radius 1 is 1.03 bits per heavy atom. The molecule has 0 amide bonds. The molecule has 1 aromatic carbocycles. The van der Waals surface area contributed by atoms with Gasteiger partial charge in [0, 0.05) is 48.6 Å². The van der Waals surface area contributed by atoms with Crippen molar-refractivity contribution in [3.05, 3.63) is 35.4 Å². The zero-order valence-corrected chi connectivity index (χ0v) is 20.7. The number of piperidine rings is 1. The molecule has 1 spiro atoms. The number of carbonyl (C=O) groups is 4. The van der Waals surface area contributed by atoms with Gasteiger partial charge >= 0.3 is 23.9 Å². The van der Waals surface area contributed by atoms with Crippen LogP contribution in [0.15, 0.2) is 24.3 Å². The van der Waals surface area contributed by atoms with Gasteiger partial charge < -0.3 is 29.3 Å². The minimum atomic E-state index is -0.967. The highest BCUT2D eigenvalue weighted by atomic mass is 16.6. The number of esters is 2. The number of hydrogen-bond donors (Lipinski definition) is 2. The Morgan fingerprint density at radius 3 is 2.43 bits per heavy atom. The molecule has 2 bridgehead atoms. The summed E-state index contributed by atoms with van der Waals surface area (Å²) in [6.07, 6.45) is 4.58. The number of aliphatic carboxylic acids is 2. The minimum absolute atomic E-state index is 0.00254. The SMILES string of the molecule is CN1CCC23c4c5ccc(OC(=O)CCCC(=O)O)c4O[C@H]2[C@@H](OC(=O)CCCC(=O)O)C=C[C@H]3C1C5. The maximum Gasteiger partial charge on any atom is 0.311 e. The average molecular weight is 514 g/mol. The lowest BCUT2D eigenvalue weighted by Gasteiger charge is -2.56. The summed E-state index contributed by atoms with van der Waals surface area (Å²) in [7, 11) is 2.12. The molecule has 5 atom stereocenters. The van der Waals surface area contributed by atoms with E-state index in [4.69, 9.17) is 24.4 Å². The fourth-order valence-corrected chi connectivity index (χ4v) is 6.54. The van der Waals surface area contributed by atoms with Crippen LogP contribution in [-0.2, 0) is 35.8 Å². The fourth-order valence-electron chi connectivity index (χ4n) is 6.54. The van der Waals surface area contributed by atoms with Crippen LogP contribution in [0.4, 0.5) is 0 Å². The lowest BCUT2D eigenvalue weighted by Crippen LogP contribution is -2.65. The Morgan fingerprint density at radius 2 is 1.73 bits per heavy atom. The van der Waals surface area contributed by atoms with Gasteiger partial charge in [0.05, 0.1) is 0 Å². The van der Waals surface area contributed by atoms with E-state index in [-0.39, 0.29) is 50.5 Å². The highest BCUT2D eigenvalue weighted by molar-refractivity contribution is 5.76. The standard InChI is InChI=1S/C27H31NO9/c1-28-13-12-27-16-9-11-19(36-23(34)7-3-5-21(31)32)26(27)37-25-18(35-22(33)6-2-4-20(29)30)10-8-15(24(25)27)14-17(16)28/h8-11,16-17,19,26H,2-7,12-14H2,1H3,(H,29,30)(H,31,32)/t16-,17?,19-,26-,27?/m0/s1. The number of carboxylic acids is 2. The smallest absolute Gasteiger partial charge is 0.311 e. The van der Waals surface area contributed by atoms with E-state index in [0.717, 1.165) is 30.5 Å². The summed E-state index contributed by atoms with van der Waals surface area (Å²) < 4.78 is 18.0. The highest BCUT2D eigenvalue weighted by Gasteiger charge is 2.65. The molecule has 2 aliphatic heterocycles. The van der Waals surface area contributed by atoms with E-state index in [1.54, 1.807) is 6.07 Å². The van der Waals surface area contributed by atoms with Crippen LogP contribution in [0.2, 0.25) is 0 Å². The first kappa shape index (κ1) is 25.3. The molecule has 5 rings (SSSR count). The summed E-state index contributed by atoms with van der Waals surface area (Å²) in [5.41, 5.74) is 1.70. The summed E-state index contributed by atoms with van der Waals surface area (Å²) in [6, 6.07) is 3.96. The quantitative estimate of drug-likeness (QED) is 0.272. The summed E-state index contributed by atoms with van der Waals surface area (Å²) in [6.45, 7) is 0.840. The first-order chi connectivity index (χ1) is 17.7. The highest BCUT2D eigenvalue weighted by Crippen LogP contribution is 2.62. The van der Waals surface area contributed by atoms with Gasteiger partial charge in [-0.15, -0.1) is 0 Å². The lowest BCUT2D eigenvalue weighted by atomic mass is 9.53. The Balaban J connectivity index is 1.43. The van der Waals surface area contributed by atoms with Gasteiger partial charge in [0.25, 0.3) is 0 Å². The van der Waals surface area contributed by atoms with E-state index < -0.39 is 41.5 Å². The van der Waals surface area contributed by atoms with Gasteiger partial charge in [0.2, 0.25) is 0 Å². The summed E-state index contributed by atoms with van der Waals surface area (Å²) in [5, 5.41) is 17.7. The second-order valence-corrected chi connectivity index (χ2v) is 10.3. The molecule has 0 saturated carbocycles. The molecule has 2 unspecified atom stereocenters. The van der Waals surface area contributed by atoms with Gasteiger partial charge in [-0.2, -0.15) is 0 Å². The van der Waals surface area contributed by atoms with Gasteiger partial charge in [-0.3, -0.25) is 19.2 Å². The molecule has 1 fully saturated rings. The van der Waals surface area contributed by atoms with Crippen LogP contribution < -0.4 is 9.47 Å². The second kappa shape index (κ2) is 9.81.